The second-order valence-electron chi connectivity index (χ2n) is 6.86. The summed E-state index contributed by atoms with van der Waals surface area (Å²) >= 11 is 0. The molecule has 1 atom stereocenters. The smallest absolute Gasteiger partial charge is 0.177 e. The number of fused-ring (bicyclic) bond motifs is 1. The number of ketones is 1. The molecule has 0 N–H and O–H groups in total. The van der Waals surface area contributed by atoms with Crippen LogP contribution in [0.4, 0.5) is 10.1 Å². The lowest BCUT2D eigenvalue weighted by Gasteiger charge is -2.44. The zero-order valence-corrected chi connectivity index (χ0v) is 14.1. The maximum absolute atomic E-state index is 13.8. The van der Waals surface area contributed by atoms with Gasteiger partial charge < -0.3 is 4.90 Å². The minimum atomic E-state index is -0.670. The van der Waals surface area contributed by atoms with E-state index in [1.54, 1.807) is 6.07 Å². The van der Waals surface area contributed by atoms with Gasteiger partial charge in [0.2, 0.25) is 0 Å². The molecular weight excluding hydrogens is 289 g/mol. The van der Waals surface area contributed by atoms with E-state index in [0.717, 1.165) is 16.8 Å². The molecule has 0 aromatic heterocycles. The summed E-state index contributed by atoms with van der Waals surface area (Å²) in [7, 11) is 0. The molecule has 0 fully saturated rings. The highest BCUT2D eigenvalue weighted by atomic mass is 19.1. The van der Waals surface area contributed by atoms with Gasteiger partial charge in [-0.1, -0.05) is 24.3 Å². The van der Waals surface area contributed by atoms with E-state index in [9.17, 15) is 9.18 Å². The molecular formula is C20H22FNO. The molecule has 1 unspecified atom stereocenters. The Bertz CT molecular complexity index is 768. The minimum absolute atomic E-state index is 0.00167. The monoisotopic (exact) mass is 311 g/mol. The summed E-state index contributed by atoms with van der Waals surface area (Å²) in [6, 6.07) is 12.7. The second-order valence-corrected chi connectivity index (χ2v) is 6.86. The SMILES string of the molecule is Cc1ccccc1C1(C)CN(C(C)C)c2ccc(F)cc2C1=O. The standard InChI is InChI=1S/C20H22FNO/c1-13(2)22-12-20(4,17-8-6-5-7-14(17)3)19(23)16-11-15(21)9-10-18(16)22/h5-11,13H,12H2,1-4H3. The number of carbonyl (C=O) groups excluding carboxylic acids is 1. The summed E-state index contributed by atoms with van der Waals surface area (Å²) in [5.74, 6) is -0.368. The van der Waals surface area contributed by atoms with E-state index < -0.39 is 5.41 Å². The molecule has 2 aromatic carbocycles. The van der Waals surface area contributed by atoms with Crippen LogP contribution < -0.4 is 4.90 Å². The largest absolute Gasteiger partial charge is 0.367 e. The van der Waals surface area contributed by atoms with Gasteiger partial charge in [-0.05, 0) is 57.0 Å². The third-order valence-corrected chi connectivity index (χ3v) is 4.86. The van der Waals surface area contributed by atoms with Crippen LogP contribution >= 0.6 is 0 Å². The number of hydrogen-bond donors (Lipinski definition) is 0. The molecule has 3 heteroatoms. The molecule has 0 radical (unpaired) electrons. The summed E-state index contributed by atoms with van der Waals surface area (Å²) in [4.78, 5) is 15.4. The highest BCUT2D eigenvalue weighted by Gasteiger charge is 2.44. The van der Waals surface area contributed by atoms with Crippen molar-refractivity contribution in [2.45, 2.75) is 39.2 Å². The average molecular weight is 311 g/mol. The zero-order valence-electron chi connectivity index (χ0n) is 14.1. The van der Waals surface area contributed by atoms with Crippen LogP contribution in [-0.4, -0.2) is 18.4 Å². The highest BCUT2D eigenvalue weighted by Crippen LogP contribution is 2.40. The lowest BCUT2D eigenvalue weighted by atomic mass is 9.71. The van der Waals surface area contributed by atoms with Gasteiger partial charge in [-0.2, -0.15) is 0 Å². The van der Waals surface area contributed by atoms with Crippen LogP contribution in [0.2, 0.25) is 0 Å². The number of carbonyl (C=O) groups is 1. The van der Waals surface area contributed by atoms with Crippen molar-refractivity contribution in [3.63, 3.8) is 0 Å². The fourth-order valence-electron chi connectivity index (χ4n) is 3.60. The van der Waals surface area contributed by atoms with E-state index in [2.05, 4.69) is 18.7 Å². The third-order valence-electron chi connectivity index (χ3n) is 4.86. The van der Waals surface area contributed by atoms with E-state index >= 15 is 0 Å². The number of anilines is 1. The Kier molecular flexibility index (Phi) is 3.75. The molecule has 2 nitrogen and oxygen atoms in total. The summed E-state index contributed by atoms with van der Waals surface area (Å²) in [5.41, 5.74) is 2.75. The van der Waals surface area contributed by atoms with Gasteiger partial charge in [0.05, 0.1) is 5.41 Å². The number of nitrogens with zero attached hydrogens (tertiary/aromatic N) is 1. The first kappa shape index (κ1) is 15.7. The molecule has 120 valence electrons. The Morgan fingerprint density at radius 1 is 1.17 bits per heavy atom. The van der Waals surface area contributed by atoms with E-state index in [-0.39, 0.29) is 17.6 Å². The molecule has 1 aliphatic rings. The molecule has 0 saturated carbocycles. The van der Waals surface area contributed by atoms with Crippen LogP contribution in [0.25, 0.3) is 0 Å². The van der Waals surface area contributed by atoms with Crippen LogP contribution in [0.15, 0.2) is 42.5 Å². The predicted octanol–water partition coefficient (Wildman–Crippen LogP) is 4.50. The number of aryl methyl sites for hydroxylation is 1. The van der Waals surface area contributed by atoms with E-state index in [1.807, 2.05) is 38.1 Å². The van der Waals surface area contributed by atoms with Crippen molar-refractivity contribution in [1.29, 1.82) is 0 Å². The number of rotatable bonds is 2. The van der Waals surface area contributed by atoms with Gasteiger partial charge in [0.1, 0.15) is 5.82 Å². The number of hydrogen-bond acceptors (Lipinski definition) is 2. The topological polar surface area (TPSA) is 20.3 Å². The Morgan fingerprint density at radius 3 is 2.52 bits per heavy atom. The molecule has 0 saturated heterocycles. The van der Waals surface area contributed by atoms with Crippen LogP contribution in [0.5, 0.6) is 0 Å². The van der Waals surface area contributed by atoms with Gasteiger partial charge in [0.15, 0.2) is 5.78 Å². The van der Waals surface area contributed by atoms with Crippen molar-refractivity contribution in [1.82, 2.24) is 0 Å². The van der Waals surface area contributed by atoms with Gasteiger partial charge in [-0.25, -0.2) is 4.39 Å². The van der Waals surface area contributed by atoms with Crippen molar-refractivity contribution in [2.24, 2.45) is 0 Å². The molecule has 3 rings (SSSR count). The highest BCUT2D eigenvalue weighted by molar-refractivity contribution is 6.10. The quantitative estimate of drug-likeness (QED) is 0.813. The fourth-order valence-corrected chi connectivity index (χ4v) is 3.60. The molecule has 0 spiro atoms. The molecule has 0 amide bonds. The summed E-state index contributed by atoms with van der Waals surface area (Å²) in [6.07, 6.45) is 0. The molecule has 0 bridgehead atoms. The van der Waals surface area contributed by atoms with Gasteiger partial charge in [-0.15, -0.1) is 0 Å². The Hall–Kier alpha value is -2.16. The summed E-state index contributed by atoms with van der Waals surface area (Å²) in [5, 5.41) is 0. The number of benzene rings is 2. The first-order chi connectivity index (χ1) is 10.8. The van der Waals surface area contributed by atoms with E-state index in [1.165, 1.54) is 12.1 Å². The Morgan fingerprint density at radius 2 is 1.87 bits per heavy atom. The molecule has 23 heavy (non-hydrogen) atoms. The van der Waals surface area contributed by atoms with Crippen molar-refractivity contribution < 1.29 is 9.18 Å². The molecule has 1 aliphatic heterocycles. The van der Waals surface area contributed by atoms with Crippen molar-refractivity contribution in [3.05, 3.63) is 65.0 Å². The molecule has 2 aromatic rings. The molecule has 1 heterocycles. The Labute approximate surface area is 136 Å². The van der Waals surface area contributed by atoms with Crippen molar-refractivity contribution in [2.75, 3.05) is 11.4 Å². The maximum atomic E-state index is 13.8. The normalized spacial score (nSPS) is 20.8. The first-order valence-corrected chi connectivity index (χ1v) is 8.01. The maximum Gasteiger partial charge on any atom is 0.177 e. The first-order valence-electron chi connectivity index (χ1n) is 8.01. The van der Waals surface area contributed by atoms with Gasteiger partial charge in [-0.3, -0.25) is 4.79 Å². The zero-order chi connectivity index (χ0) is 16.8. The summed E-state index contributed by atoms with van der Waals surface area (Å²) < 4.78 is 13.8. The van der Waals surface area contributed by atoms with Crippen molar-refractivity contribution >= 4 is 11.5 Å². The third kappa shape index (κ3) is 2.44. The predicted molar refractivity (Wildman–Crippen MR) is 91.7 cm³/mol. The van der Waals surface area contributed by atoms with Gasteiger partial charge in [0, 0.05) is 23.8 Å². The van der Waals surface area contributed by atoms with Crippen molar-refractivity contribution in [3.8, 4) is 0 Å². The van der Waals surface area contributed by atoms with Crippen LogP contribution in [0.1, 0.15) is 42.3 Å². The lowest BCUT2D eigenvalue weighted by Crippen LogP contribution is -2.52. The minimum Gasteiger partial charge on any atom is -0.367 e. The average Bonchev–Trinajstić information content (AvgIpc) is 2.51. The Balaban J connectivity index is 2.22. The number of Topliss-reactive ketones (excluding diaryl/α,β-unsaturated/α-hetero) is 1. The second kappa shape index (κ2) is 5.48. The van der Waals surface area contributed by atoms with Crippen LogP contribution in [-0.2, 0) is 5.41 Å². The van der Waals surface area contributed by atoms with Gasteiger partial charge in [0.25, 0.3) is 0 Å². The van der Waals surface area contributed by atoms with Gasteiger partial charge >= 0.3 is 0 Å². The van der Waals surface area contributed by atoms with Crippen LogP contribution in [0, 0.1) is 12.7 Å². The summed E-state index contributed by atoms with van der Waals surface area (Å²) in [6.45, 7) is 8.80. The lowest BCUT2D eigenvalue weighted by molar-refractivity contribution is 0.0889. The fraction of sp³-hybridized carbons (Fsp3) is 0.350. The van der Waals surface area contributed by atoms with Crippen LogP contribution in [0.3, 0.4) is 0 Å². The van der Waals surface area contributed by atoms with E-state index in [4.69, 9.17) is 0 Å². The van der Waals surface area contributed by atoms with E-state index in [0.29, 0.717) is 12.1 Å². The number of halogens is 1. The molecule has 0 aliphatic carbocycles.